The molecule has 2 bridgehead atoms. The van der Waals surface area contributed by atoms with E-state index >= 15 is 0 Å². The van der Waals surface area contributed by atoms with Crippen LogP contribution in [0.5, 0.6) is 0 Å². The summed E-state index contributed by atoms with van der Waals surface area (Å²) in [6.07, 6.45) is 0.732. The molecule has 3 nitrogen and oxygen atoms in total. The van der Waals surface area contributed by atoms with Gasteiger partial charge in [0.15, 0.2) is 0 Å². The summed E-state index contributed by atoms with van der Waals surface area (Å²) in [6, 6.07) is 0.957. The maximum atomic E-state index is 9.69. The van der Waals surface area contributed by atoms with Gasteiger partial charge in [-0.3, -0.25) is 4.90 Å². The summed E-state index contributed by atoms with van der Waals surface area (Å²) in [7, 11) is 0. The van der Waals surface area contributed by atoms with Gasteiger partial charge in [-0.1, -0.05) is 0 Å². The number of nitrogens with two attached hydrogens (primary N) is 1. The van der Waals surface area contributed by atoms with Crippen LogP contribution in [0.2, 0.25) is 0 Å². The second-order valence-electron chi connectivity index (χ2n) is 4.42. The fourth-order valence-corrected chi connectivity index (χ4v) is 2.73. The van der Waals surface area contributed by atoms with Crippen molar-refractivity contribution < 1.29 is 5.11 Å². The normalized spacial score (nSPS) is 47.8. The Bertz CT molecular complexity index is 183. The van der Waals surface area contributed by atoms with Crippen LogP contribution in [-0.4, -0.2) is 40.8 Å². The maximum Gasteiger partial charge on any atom is 0.0714 e. The highest BCUT2D eigenvalue weighted by molar-refractivity contribution is 5.07. The van der Waals surface area contributed by atoms with Crippen molar-refractivity contribution >= 4 is 0 Å². The fraction of sp³-hybridized carbons (Fsp3) is 1.00. The molecular formula is C9H18N2O. The predicted octanol–water partition coefficient (Wildman–Crippen LogP) is -0.213. The Morgan fingerprint density at radius 1 is 1.50 bits per heavy atom. The molecule has 4 atom stereocenters. The van der Waals surface area contributed by atoms with E-state index in [9.17, 15) is 5.11 Å². The Morgan fingerprint density at radius 3 is 2.50 bits per heavy atom. The smallest absolute Gasteiger partial charge is 0.0714 e. The summed E-state index contributed by atoms with van der Waals surface area (Å²) in [5.74, 6) is 0.535. The molecule has 0 aromatic heterocycles. The summed E-state index contributed by atoms with van der Waals surface area (Å²) in [4.78, 5) is 2.34. The minimum Gasteiger partial charge on any atom is -0.391 e. The van der Waals surface area contributed by atoms with Crippen LogP contribution in [0.25, 0.3) is 0 Å². The average Bonchev–Trinajstić information content (AvgIpc) is 2.42. The molecule has 1 saturated carbocycles. The zero-order valence-electron chi connectivity index (χ0n) is 7.77. The predicted molar refractivity (Wildman–Crippen MR) is 47.7 cm³/mol. The lowest BCUT2D eigenvalue weighted by Crippen LogP contribution is -2.48. The van der Waals surface area contributed by atoms with Crippen LogP contribution in [0.15, 0.2) is 0 Å². The number of hydrogen-bond donors (Lipinski definition) is 2. The molecule has 3 N–H and O–H groups in total. The third kappa shape index (κ3) is 1.00. The highest BCUT2D eigenvalue weighted by Gasteiger charge is 2.50. The van der Waals surface area contributed by atoms with Crippen LogP contribution < -0.4 is 5.73 Å². The summed E-state index contributed by atoms with van der Waals surface area (Å²) >= 11 is 0. The zero-order chi connectivity index (χ0) is 8.88. The van der Waals surface area contributed by atoms with E-state index in [2.05, 4.69) is 18.7 Å². The van der Waals surface area contributed by atoms with Crippen LogP contribution in [0.1, 0.15) is 20.3 Å². The highest BCUT2D eigenvalue weighted by atomic mass is 16.3. The number of likely N-dealkylation sites (tertiary alicyclic amines) is 1. The molecule has 2 fully saturated rings. The third-order valence-electron chi connectivity index (χ3n) is 3.37. The van der Waals surface area contributed by atoms with E-state index in [0.717, 1.165) is 13.0 Å². The minimum atomic E-state index is -0.179. The van der Waals surface area contributed by atoms with Gasteiger partial charge in [0.2, 0.25) is 0 Å². The first-order valence-electron chi connectivity index (χ1n) is 4.80. The molecule has 3 heteroatoms. The lowest BCUT2D eigenvalue weighted by molar-refractivity contribution is 0.0390. The van der Waals surface area contributed by atoms with Crippen molar-refractivity contribution in [2.75, 3.05) is 6.54 Å². The first-order chi connectivity index (χ1) is 5.61. The molecule has 0 aromatic rings. The average molecular weight is 170 g/mol. The standard InChI is InChI=1S/C9H18N2O/c1-5(2)11-4-6-3-7(12)9(11)8(6)10/h5-9,12H,3-4,10H2,1-2H3/t6?,7-,8?,9?/m0/s1. The highest BCUT2D eigenvalue weighted by Crippen LogP contribution is 2.37. The largest absolute Gasteiger partial charge is 0.391 e. The number of piperidine rings is 1. The number of aliphatic hydroxyl groups excluding tert-OH is 1. The van der Waals surface area contributed by atoms with Gasteiger partial charge in [0, 0.05) is 18.6 Å². The number of nitrogens with zero attached hydrogens (tertiary/aromatic N) is 1. The van der Waals surface area contributed by atoms with E-state index in [4.69, 9.17) is 5.73 Å². The first-order valence-corrected chi connectivity index (χ1v) is 4.80. The van der Waals surface area contributed by atoms with Crippen molar-refractivity contribution in [3.05, 3.63) is 0 Å². The molecule has 70 valence electrons. The van der Waals surface area contributed by atoms with Crippen molar-refractivity contribution in [2.24, 2.45) is 11.7 Å². The Kier molecular flexibility index (Phi) is 1.90. The van der Waals surface area contributed by atoms with Crippen LogP contribution >= 0.6 is 0 Å². The minimum absolute atomic E-state index is 0.179. The van der Waals surface area contributed by atoms with Crippen molar-refractivity contribution in [2.45, 2.75) is 44.5 Å². The summed E-state index contributed by atoms with van der Waals surface area (Å²) in [6.45, 7) is 5.42. The van der Waals surface area contributed by atoms with Gasteiger partial charge in [-0.2, -0.15) is 0 Å². The number of rotatable bonds is 1. The number of fused-ring (bicyclic) bond motifs is 2. The molecular weight excluding hydrogens is 152 g/mol. The molecule has 2 aliphatic rings. The molecule has 0 radical (unpaired) electrons. The van der Waals surface area contributed by atoms with Gasteiger partial charge in [0.05, 0.1) is 12.1 Å². The van der Waals surface area contributed by atoms with Crippen molar-refractivity contribution in [3.63, 3.8) is 0 Å². The van der Waals surface area contributed by atoms with Crippen LogP contribution in [0.4, 0.5) is 0 Å². The molecule has 1 heterocycles. The Morgan fingerprint density at radius 2 is 2.17 bits per heavy atom. The Labute approximate surface area is 73.5 Å². The second kappa shape index (κ2) is 2.69. The monoisotopic (exact) mass is 170 g/mol. The molecule has 3 unspecified atom stereocenters. The van der Waals surface area contributed by atoms with Crippen molar-refractivity contribution in [1.29, 1.82) is 0 Å². The second-order valence-corrected chi connectivity index (χ2v) is 4.42. The quantitative estimate of drug-likeness (QED) is 0.572. The van der Waals surface area contributed by atoms with E-state index in [-0.39, 0.29) is 18.2 Å². The van der Waals surface area contributed by atoms with Gasteiger partial charge in [0.1, 0.15) is 0 Å². The zero-order valence-corrected chi connectivity index (χ0v) is 7.77. The number of aliphatic hydroxyl groups is 1. The Hall–Kier alpha value is -0.120. The molecule has 1 aliphatic carbocycles. The SMILES string of the molecule is CC(C)N1CC2C[C@H](O)C1C2N. The molecule has 0 amide bonds. The number of hydrogen-bond acceptors (Lipinski definition) is 3. The van der Waals surface area contributed by atoms with E-state index in [1.54, 1.807) is 0 Å². The van der Waals surface area contributed by atoms with Crippen LogP contribution in [-0.2, 0) is 0 Å². The molecule has 2 rings (SSSR count). The van der Waals surface area contributed by atoms with Gasteiger partial charge in [-0.25, -0.2) is 0 Å². The molecule has 1 aliphatic heterocycles. The topological polar surface area (TPSA) is 49.5 Å². The maximum absolute atomic E-state index is 9.69. The van der Waals surface area contributed by atoms with Crippen LogP contribution in [0.3, 0.4) is 0 Å². The first kappa shape index (κ1) is 8.48. The van der Waals surface area contributed by atoms with Gasteiger partial charge < -0.3 is 10.8 Å². The molecule has 12 heavy (non-hydrogen) atoms. The van der Waals surface area contributed by atoms with E-state index < -0.39 is 0 Å². The van der Waals surface area contributed by atoms with E-state index in [1.807, 2.05) is 0 Å². The lowest BCUT2D eigenvalue weighted by Gasteiger charge is -2.33. The van der Waals surface area contributed by atoms with Gasteiger partial charge in [0.25, 0.3) is 0 Å². The summed E-state index contributed by atoms with van der Waals surface area (Å²) in [5, 5.41) is 9.69. The van der Waals surface area contributed by atoms with Gasteiger partial charge in [-0.05, 0) is 26.2 Å². The Balaban J connectivity index is 2.14. The molecule has 1 saturated heterocycles. The van der Waals surface area contributed by atoms with E-state index in [1.165, 1.54) is 0 Å². The van der Waals surface area contributed by atoms with Crippen molar-refractivity contribution in [3.8, 4) is 0 Å². The van der Waals surface area contributed by atoms with Gasteiger partial charge >= 0.3 is 0 Å². The van der Waals surface area contributed by atoms with Gasteiger partial charge in [-0.15, -0.1) is 0 Å². The van der Waals surface area contributed by atoms with E-state index in [0.29, 0.717) is 12.0 Å². The summed E-state index contributed by atoms with van der Waals surface area (Å²) < 4.78 is 0. The summed E-state index contributed by atoms with van der Waals surface area (Å²) in [5.41, 5.74) is 6.00. The van der Waals surface area contributed by atoms with Crippen LogP contribution in [0, 0.1) is 5.92 Å². The fourth-order valence-electron chi connectivity index (χ4n) is 2.73. The molecule has 0 spiro atoms. The van der Waals surface area contributed by atoms with Crippen molar-refractivity contribution in [1.82, 2.24) is 4.90 Å². The molecule has 0 aromatic carbocycles. The lowest BCUT2D eigenvalue weighted by atomic mass is 10.1. The third-order valence-corrected chi connectivity index (χ3v) is 3.37.